The molecule has 1 heterocycles. The zero-order valence-electron chi connectivity index (χ0n) is 13.2. The largest absolute Gasteiger partial charge is 0.497 e. The molecule has 122 valence electrons. The molecule has 0 fully saturated rings. The van der Waals surface area contributed by atoms with Gasteiger partial charge in [0, 0.05) is 6.42 Å². The van der Waals surface area contributed by atoms with E-state index in [0.29, 0.717) is 6.42 Å². The summed E-state index contributed by atoms with van der Waals surface area (Å²) in [6.45, 7) is 0. The van der Waals surface area contributed by atoms with E-state index >= 15 is 0 Å². The second-order valence-electron chi connectivity index (χ2n) is 5.33. The number of methoxy groups -OCH3 is 1. The predicted molar refractivity (Wildman–Crippen MR) is 97.4 cm³/mol. The Kier molecular flexibility index (Phi) is 4.91. The molecule has 1 aromatic heterocycles. The minimum atomic E-state index is -0.812. The van der Waals surface area contributed by atoms with E-state index in [2.05, 4.69) is 4.98 Å². The molecule has 0 atom stereocenters. The van der Waals surface area contributed by atoms with Gasteiger partial charge in [0.05, 0.1) is 17.3 Å². The van der Waals surface area contributed by atoms with Crippen molar-refractivity contribution in [1.82, 2.24) is 4.98 Å². The lowest BCUT2D eigenvalue weighted by atomic mass is 10.1. The predicted octanol–water partition coefficient (Wildman–Crippen LogP) is 4.71. The van der Waals surface area contributed by atoms with Crippen LogP contribution in [0.5, 0.6) is 5.75 Å². The number of aliphatic carboxylic acids is 1. The summed E-state index contributed by atoms with van der Waals surface area (Å²) in [6, 6.07) is 15.6. The summed E-state index contributed by atoms with van der Waals surface area (Å²) < 4.78 is 6.35. The number of allylic oxidation sites excluding steroid dienone is 1. The first-order valence-corrected chi connectivity index (χ1v) is 8.40. The number of thiazole rings is 1. The highest BCUT2D eigenvalue weighted by molar-refractivity contribution is 7.19. The lowest BCUT2D eigenvalue weighted by Gasteiger charge is -2.05. The van der Waals surface area contributed by atoms with Crippen molar-refractivity contribution in [1.29, 1.82) is 0 Å². The average molecular weight is 339 g/mol. The zero-order valence-corrected chi connectivity index (χ0v) is 14.0. The van der Waals surface area contributed by atoms with Gasteiger partial charge >= 0.3 is 5.97 Å². The summed E-state index contributed by atoms with van der Waals surface area (Å²) in [5.74, 6) is -0.0433. The molecule has 3 rings (SSSR count). The first-order valence-electron chi connectivity index (χ1n) is 7.58. The van der Waals surface area contributed by atoms with Gasteiger partial charge < -0.3 is 9.84 Å². The van der Waals surface area contributed by atoms with Crippen LogP contribution in [-0.4, -0.2) is 23.2 Å². The maximum atomic E-state index is 11.0. The second-order valence-corrected chi connectivity index (χ2v) is 6.36. The van der Waals surface area contributed by atoms with Gasteiger partial charge in [0.2, 0.25) is 0 Å². The Morgan fingerprint density at radius 2 is 2.04 bits per heavy atom. The minimum absolute atomic E-state index is 0.0751. The van der Waals surface area contributed by atoms with Crippen LogP contribution in [0.2, 0.25) is 0 Å². The highest BCUT2D eigenvalue weighted by atomic mass is 32.1. The lowest BCUT2D eigenvalue weighted by molar-refractivity contribution is -0.136. The van der Waals surface area contributed by atoms with Crippen molar-refractivity contribution in [2.75, 3.05) is 7.11 Å². The number of carbonyl (C=O) groups is 1. The summed E-state index contributed by atoms with van der Waals surface area (Å²) in [7, 11) is 1.63. The van der Waals surface area contributed by atoms with Gasteiger partial charge in [-0.1, -0.05) is 24.3 Å². The third-order valence-corrected chi connectivity index (χ3v) is 4.72. The molecule has 0 aliphatic heterocycles. The number of ether oxygens (including phenoxy) is 1. The average Bonchev–Trinajstić information content (AvgIpc) is 3.02. The van der Waals surface area contributed by atoms with Crippen molar-refractivity contribution < 1.29 is 14.6 Å². The van der Waals surface area contributed by atoms with Gasteiger partial charge in [-0.05, 0) is 47.9 Å². The Hall–Kier alpha value is -2.66. The van der Waals surface area contributed by atoms with Crippen molar-refractivity contribution in [3.8, 4) is 5.75 Å². The smallest absolute Gasteiger partial charge is 0.303 e. The Morgan fingerprint density at radius 3 is 2.79 bits per heavy atom. The molecular formula is C19H17NO3S. The molecule has 0 aliphatic rings. The number of para-hydroxylation sites is 1. The zero-order chi connectivity index (χ0) is 16.9. The molecule has 5 heteroatoms. The number of nitrogens with zero attached hydrogens (tertiary/aromatic N) is 1. The van der Waals surface area contributed by atoms with E-state index in [4.69, 9.17) is 9.84 Å². The second kappa shape index (κ2) is 7.27. The quantitative estimate of drug-likeness (QED) is 0.706. The lowest BCUT2D eigenvalue weighted by Crippen LogP contribution is -1.95. The van der Waals surface area contributed by atoms with Crippen LogP contribution in [0.15, 0.2) is 48.5 Å². The first-order chi connectivity index (χ1) is 11.7. The third kappa shape index (κ3) is 3.81. The number of hydrogen-bond acceptors (Lipinski definition) is 4. The molecule has 0 amide bonds. The molecule has 3 aromatic rings. The van der Waals surface area contributed by atoms with Crippen LogP contribution in [-0.2, 0) is 4.79 Å². The van der Waals surface area contributed by atoms with Crippen LogP contribution in [0.4, 0.5) is 0 Å². The molecule has 0 bridgehead atoms. The van der Waals surface area contributed by atoms with Crippen LogP contribution in [0.25, 0.3) is 21.9 Å². The van der Waals surface area contributed by atoms with Crippen molar-refractivity contribution in [2.24, 2.45) is 0 Å². The summed E-state index contributed by atoms with van der Waals surface area (Å²) in [5, 5.41) is 9.89. The van der Waals surface area contributed by atoms with Gasteiger partial charge in [-0.2, -0.15) is 0 Å². The maximum absolute atomic E-state index is 11.0. The number of aromatic nitrogens is 1. The first kappa shape index (κ1) is 16.2. The molecule has 24 heavy (non-hydrogen) atoms. The fraction of sp³-hybridized carbons (Fsp3) is 0.158. The van der Waals surface area contributed by atoms with E-state index in [-0.39, 0.29) is 6.42 Å². The Balaban J connectivity index is 2.01. The monoisotopic (exact) mass is 339 g/mol. The van der Waals surface area contributed by atoms with Crippen molar-refractivity contribution in [2.45, 2.75) is 12.8 Å². The van der Waals surface area contributed by atoms with Gasteiger partial charge in [-0.25, -0.2) is 4.98 Å². The van der Waals surface area contributed by atoms with Gasteiger partial charge in [0.1, 0.15) is 10.8 Å². The van der Waals surface area contributed by atoms with Crippen molar-refractivity contribution in [3.63, 3.8) is 0 Å². The molecule has 2 aromatic carbocycles. The van der Waals surface area contributed by atoms with E-state index < -0.39 is 5.97 Å². The van der Waals surface area contributed by atoms with Crippen molar-refractivity contribution >= 4 is 39.2 Å². The molecule has 0 radical (unpaired) electrons. The number of fused-ring (bicyclic) bond motifs is 1. The third-order valence-electron chi connectivity index (χ3n) is 3.61. The van der Waals surface area contributed by atoms with Crippen molar-refractivity contribution in [3.05, 3.63) is 59.1 Å². The molecule has 0 saturated heterocycles. The van der Waals surface area contributed by atoms with Gasteiger partial charge in [-0.3, -0.25) is 4.79 Å². The highest BCUT2D eigenvalue weighted by Crippen LogP contribution is 2.31. The minimum Gasteiger partial charge on any atom is -0.497 e. The van der Waals surface area contributed by atoms with Gasteiger partial charge in [-0.15, -0.1) is 11.3 Å². The van der Waals surface area contributed by atoms with Gasteiger partial charge in [0.15, 0.2) is 0 Å². The van der Waals surface area contributed by atoms with Crippen LogP contribution < -0.4 is 4.74 Å². The number of benzene rings is 2. The fourth-order valence-electron chi connectivity index (χ4n) is 2.42. The standard InChI is InChI=1S/C19H17NO3S/c1-23-15-6-4-5-13(12-15)11-14(9-10-18(21)22)19-20-16-7-2-3-8-17(16)24-19/h2-8,11-12H,9-10H2,1H3,(H,21,22)/b14-11-. The molecule has 1 N–H and O–H groups in total. The Morgan fingerprint density at radius 1 is 1.21 bits per heavy atom. The SMILES string of the molecule is COc1cccc(/C=C(/CCC(=O)O)c2nc3ccccc3s2)c1. The summed E-state index contributed by atoms with van der Waals surface area (Å²) in [4.78, 5) is 15.7. The summed E-state index contributed by atoms with van der Waals surface area (Å²) in [6.07, 6.45) is 2.50. The molecular weight excluding hydrogens is 322 g/mol. The Labute approximate surface area is 144 Å². The topological polar surface area (TPSA) is 59.4 Å². The molecule has 4 nitrogen and oxygen atoms in total. The summed E-state index contributed by atoms with van der Waals surface area (Å²) in [5.41, 5.74) is 2.82. The van der Waals surface area contributed by atoms with E-state index in [9.17, 15) is 4.79 Å². The molecule has 0 saturated carbocycles. The number of carboxylic acids is 1. The number of rotatable bonds is 6. The van der Waals surface area contributed by atoms with E-state index in [0.717, 1.165) is 32.1 Å². The van der Waals surface area contributed by atoms with E-state index in [1.54, 1.807) is 18.4 Å². The van der Waals surface area contributed by atoms with Crippen LogP contribution in [0.1, 0.15) is 23.4 Å². The molecule has 0 spiro atoms. The van der Waals surface area contributed by atoms with Crippen LogP contribution in [0.3, 0.4) is 0 Å². The molecule has 0 unspecified atom stereocenters. The fourth-order valence-corrected chi connectivity index (χ4v) is 3.43. The normalized spacial score (nSPS) is 11.6. The van der Waals surface area contributed by atoms with Gasteiger partial charge in [0.25, 0.3) is 0 Å². The van der Waals surface area contributed by atoms with Crippen LogP contribution in [0, 0.1) is 0 Å². The highest BCUT2D eigenvalue weighted by Gasteiger charge is 2.11. The Bertz CT molecular complexity index is 865. The molecule has 0 aliphatic carbocycles. The maximum Gasteiger partial charge on any atom is 0.303 e. The van der Waals surface area contributed by atoms with E-state index in [1.165, 1.54) is 0 Å². The van der Waals surface area contributed by atoms with Crippen LogP contribution >= 0.6 is 11.3 Å². The summed E-state index contributed by atoms with van der Waals surface area (Å²) >= 11 is 1.58. The number of hydrogen-bond donors (Lipinski definition) is 1. The van der Waals surface area contributed by atoms with E-state index in [1.807, 2.05) is 54.6 Å². The number of carboxylic acid groups (broad SMARTS) is 1.